The summed E-state index contributed by atoms with van der Waals surface area (Å²) in [5, 5.41) is 9.88. The molecule has 68 valence electrons. The zero-order valence-corrected chi connectivity index (χ0v) is 6.72. The molecule has 0 aromatic heterocycles. The van der Waals surface area contributed by atoms with Crippen LogP contribution in [0, 0.1) is 5.92 Å². The average Bonchev–Trinajstić information content (AvgIpc) is 2.17. The maximum atomic E-state index is 8.02. The van der Waals surface area contributed by atoms with Gasteiger partial charge < -0.3 is 0 Å². The Bertz CT molecular complexity index is 228. The standard InChI is InChI=1S/C4H7N9/c5-11-8-1-4(2-9-12-6)3-10-13-7/h4H,1-3H2. The van der Waals surface area contributed by atoms with Crippen molar-refractivity contribution in [3.05, 3.63) is 31.3 Å². The van der Waals surface area contributed by atoms with Gasteiger partial charge in [0.15, 0.2) is 0 Å². The van der Waals surface area contributed by atoms with Crippen molar-refractivity contribution < 1.29 is 0 Å². The SMILES string of the molecule is [N-]=[N+]=NCC(CN=[N+]=[N-])CN=[N+]=[N-]. The predicted octanol–water partition coefficient (Wildman–Crippen LogP) is 2.53. The molecule has 0 aliphatic carbocycles. The van der Waals surface area contributed by atoms with E-state index in [-0.39, 0.29) is 25.6 Å². The van der Waals surface area contributed by atoms with Crippen molar-refractivity contribution in [2.75, 3.05) is 19.6 Å². The molecule has 0 saturated carbocycles. The molecule has 0 spiro atoms. The Morgan fingerprint density at radius 1 is 0.769 bits per heavy atom. The summed E-state index contributed by atoms with van der Waals surface area (Å²) < 4.78 is 0. The fourth-order valence-corrected chi connectivity index (χ4v) is 0.629. The lowest BCUT2D eigenvalue weighted by atomic mass is 10.1. The summed E-state index contributed by atoms with van der Waals surface area (Å²) in [6.45, 7) is 0.484. The zero-order chi connectivity index (χ0) is 9.94. The summed E-state index contributed by atoms with van der Waals surface area (Å²) in [5.41, 5.74) is 24.1. The Balaban J connectivity index is 4.07. The Hall–Kier alpha value is -2.07. The molecule has 0 atom stereocenters. The third-order valence-electron chi connectivity index (χ3n) is 1.21. The summed E-state index contributed by atoms with van der Waals surface area (Å²) >= 11 is 0. The van der Waals surface area contributed by atoms with E-state index < -0.39 is 0 Å². The smallest absolute Gasteiger partial charge is 0.0288 e. The number of hydrogen-bond acceptors (Lipinski definition) is 3. The van der Waals surface area contributed by atoms with Crippen molar-refractivity contribution in [3.63, 3.8) is 0 Å². The lowest BCUT2D eigenvalue weighted by Gasteiger charge is -2.05. The first-order valence-corrected chi connectivity index (χ1v) is 3.37. The molecule has 0 fully saturated rings. The van der Waals surface area contributed by atoms with E-state index in [1.165, 1.54) is 0 Å². The average molecular weight is 181 g/mol. The van der Waals surface area contributed by atoms with Gasteiger partial charge in [-0.2, -0.15) is 0 Å². The van der Waals surface area contributed by atoms with Crippen molar-refractivity contribution in [2.45, 2.75) is 0 Å². The van der Waals surface area contributed by atoms with E-state index in [0.717, 1.165) is 0 Å². The molecule has 0 aromatic carbocycles. The Morgan fingerprint density at radius 2 is 1.08 bits per heavy atom. The fraction of sp³-hybridized carbons (Fsp3) is 1.00. The van der Waals surface area contributed by atoms with E-state index in [1.807, 2.05) is 0 Å². The molecule has 0 aliphatic heterocycles. The van der Waals surface area contributed by atoms with E-state index in [9.17, 15) is 0 Å². The van der Waals surface area contributed by atoms with E-state index in [1.54, 1.807) is 0 Å². The fourth-order valence-electron chi connectivity index (χ4n) is 0.629. The minimum absolute atomic E-state index is 0.161. The van der Waals surface area contributed by atoms with Gasteiger partial charge >= 0.3 is 0 Å². The lowest BCUT2D eigenvalue weighted by Crippen LogP contribution is -2.11. The monoisotopic (exact) mass is 181 g/mol. The maximum absolute atomic E-state index is 8.02. The molecule has 0 rings (SSSR count). The van der Waals surface area contributed by atoms with Crippen LogP contribution in [0.4, 0.5) is 0 Å². The molecule has 0 saturated heterocycles. The van der Waals surface area contributed by atoms with Crippen LogP contribution in [0.5, 0.6) is 0 Å². The summed E-state index contributed by atoms with van der Waals surface area (Å²) in [7, 11) is 0. The largest absolute Gasteiger partial charge is 0.0937 e. The van der Waals surface area contributed by atoms with Crippen molar-refractivity contribution in [1.29, 1.82) is 0 Å². The summed E-state index contributed by atoms with van der Waals surface area (Å²) in [4.78, 5) is 7.64. The van der Waals surface area contributed by atoms with Gasteiger partial charge in [0.05, 0.1) is 0 Å². The van der Waals surface area contributed by atoms with Crippen molar-refractivity contribution in [3.8, 4) is 0 Å². The second-order valence-electron chi connectivity index (χ2n) is 2.11. The minimum Gasteiger partial charge on any atom is -0.0937 e. The van der Waals surface area contributed by atoms with Crippen LogP contribution >= 0.6 is 0 Å². The quantitative estimate of drug-likeness (QED) is 0.336. The first kappa shape index (κ1) is 10.9. The highest BCUT2D eigenvalue weighted by atomic mass is 15.2. The van der Waals surface area contributed by atoms with Crippen LogP contribution in [0.3, 0.4) is 0 Å². The zero-order valence-electron chi connectivity index (χ0n) is 6.72. The Labute approximate surface area is 73.2 Å². The van der Waals surface area contributed by atoms with Gasteiger partial charge in [0.25, 0.3) is 0 Å². The van der Waals surface area contributed by atoms with E-state index >= 15 is 0 Å². The Morgan fingerprint density at radius 3 is 1.31 bits per heavy atom. The van der Waals surface area contributed by atoms with Gasteiger partial charge in [0, 0.05) is 34.4 Å². The van der Waals surface area contributed by atoms with Gasteiger partial charge in [-0.05, 0) is 22.5 Å². The van der Waals surface area contributed by atoms with E-state index in [2.05, 4.69) is 30.1 Å². The number of hydrogen-bond donors (Lipinski definition) is 0. The second-order valence-corrected chi connectivity index (χ2v) is 2.11. The maximum Gasteiger partial charge on any atom is 0.0288 e. The molecule has 0 bridgehead atoms. The van der Waals surface area contributed by atoms with Gasteiger partial charge in [-0.15, -0.1) is 0 Å². The molecular weight excluding hydrogens is 174 g/mol. The molecule has 9 heteroatoms. The second kappa shape index (κ2) is 8.03. The van der Waals surface area contributed by atoms with Crippen LogP contribution in [0.25, 0.3) is 31.3 Å². The van der Waals surface area contributed by atoms with Gasteiger partial charge in [-0.3, -0.25) is 0 Å². The first-order valence-electron chi connectivity index (χ1n) is 3.37. The van der Waals surface area contributed by atoms with Gasteiger partial charge in [0.2, 0.25) is 0 Å². The van der Waals surface area contributed by atoms with Crippen LogP contribution in [0.1, 0.15) is 0 Å². The summed E-state index contributed by atoms with van der Waals surface area (Å²) in [6.07, 6.45) is 0. The number of nitrogens with zero attached hydrogens (tertiary/aromatic N) is 9. The van der Waals surface area contributed by atoms with Gasteiger partial charge in [-0.25, -0.2) is 0 Å². The molecule has 13 heavy (non-hydrogen) atoms. The highest BCUT2D eigenvalue weighted by Gasteiger charge is 2.04. The molecule has 0 unspecified atom stereocenters. The normalized spacial score (nSPS) is 10.2. The van der Waals surface area contributed by atoms with Crippen LogP contribution in [-0.2, 0) is 0 Å². The molecule has 9 nitrogen and oxygen atoms in total. The molecule has 0 aliphatic rings. The predicted molar refractivity (Wildman–Crippen MR) is 45.5 cm³/mol. The molecule has 0 aromatic rings. The van der Waals surface area contributed by atoms with E-state index in [0.29, 0.717) is 0 Å². The van der Waals surface area contributed by atoms with Gasteiger partial charge in [-0.1, -0.05) is 15.3 Å². The van der Waals surface area contributed by atoms with Crippen molar-refractivity contribution >= 4 is 0 Å². The molecule has 0 heterocycles. The number of rotatable bonds is 6. The molecular formula is C4H7N9. The lowest BCUT2D eigenvalue weighted by molar-refractivity contribution is 0.559. The third-order valence-corrected chi connectivity index (χ3v) is 1.21. The van der Waals surface area contributed by atoms with Crippen molar-refractivity contribution in [1.82, 2.24) is 0 Å². The van der Waals surface area contributed by atoms with Gasteiger partial charge in [0.1, 0.15) is 0 Å². The Kier molecular flexibility index (Phi) is 6.75. The van der Waals surface area contributed by atoms with Crippen LogP contribution < -0.4 is 0 Å². The van der Waals surface area contributed by atoms with Crippen molar-refractivity contribution in [2.24, 2.45) is 21.3 Å². The molecule has 0 N–H and O–H groups in total. The van der Waals surface area contributed by atoms with Crippen LogP contribution in [0.15, 0.2) is 15.3 Å². The van der Waals surface area contributed by atoms with Crippen LogP contribution in [-0.4, -0.2) is 19.6 Å². The topological polar surface area (TPSA) is 146 Å². The minimum atomic E-state index is -0.220. The highest BCUT2D eigenvalue weighted by molar-refractivity contribution is 4.68. The van der Waals surface area contributed by atoms with E-state index in [4.69, 9.17) is 16.6 Å². The summed E-state index contributed by atoms with van der Waals surface area (Å²) in [6, 6.07) is 0. The first-order chi connectivity index (χ1) is 6.35. The molecule has 0 amide bonds. The highest BCUT2D eigenvalue weighted by Crippen LogP contribution is 2.00. The summed E-state index contributed by atoms with van der Waals surface area (Å²) in [5.74, 6) is -0.220. The van der Waals surface area contributed by atoms with Crippen LogP contribution in [0.2, 0.25) is 0 Å². The molecule has 0 radical (unpaired) electrons. The third kappa shape index (κ3) is 6.33. The number of azide groups is 3.